The fourth-order valence-corrected chi connectivity index (χ4v) is 0. The monoisotopic (exact) mass is 89.1 g/mol. The topological polar surface area (TPSA) is 3.24 Å². The third kappa shape index (κ3) is 4.18. The lowest BCUT2D eigenvalue weighted by atomic mass is 10.8. The summed E-state index contributed by atoms with van der Waals surface area (Å²) >= 11 is 0. The molecule has 0 N–H and O–H groups in total. The van der Waals surface area contributed by atoms with Gasteiger partial charge < -0.3 is 4.57 Å². The number of hydrogen-bond acceptors (Lipinski definition) is 1. The minimum atomic E-state index is 1.20. The number of hydrogen-bond donors (Lipinski definition) is 0. The Morgan fingerprint density at radius 1 is 1.80 bits per heavy atom. The minimum Gasteiger partial charge on any atom is -0.335 e. The van der Waals surface area contributed by atoms with Crippen molar-refractivity contribution in [1.29, 1.82) is 0 Å². The Bertz CT molecular complexity index is 20.9. The predicted octanol–water partition coefficient (Wildman–Crippen LogP) is -0.782. The first kappa shape index (κ1) is 5.18. The van der Waals surface area contributed by atoms with Gasteiger partial charge in [-0.1, -0.05) is 6.92 Å². The highest BCUT2D eigenvalue weighted by atomic mass is 28.2. The fourth-order valence-electron chi connectivity index (χ4n) is 0. The second-order valence-electron chi connectivity index (χ2n) is 1.40. The van der Waals surface area contributed by atoms with Gasteiger partial charge in [-0.15, -0.1) is 0 Å². The molecule has 1 nitrogen and oxygen atoms in total. The summed E-state index contributed by atoms with van der Waals surface area (Å²) in [5.41, 5.74) is 0. The molecule has 2 heteroatoms. The van der Waals surface area contributed by atoms with Gasteiger partial charge in [0.25, 0.3) is 0 Å². The molecule has 0 heterocycles. The third-order valence-corrected chi connectivity index (χ3v) is 1.26. The van der Waals surface area contributed by atoms with Crippen molar-refractivity contribution in [2.24, 2.45) is 0 Å². The van der Waals surface area contributed by atoms with Crippen molar-refractivity contribution < 1.29 is 0 Å². The summed E-state index contributed by atoms with van der Waals surface area (Å²) < 4.78 is 2.26. The van der Waals surface area contributed by atoms with Crippen LogP contribution in [0.1, 0.15) is 6.92 Å². The predicted molar refractivity (Wildman–Crippen MR) is 28.2 cm³/mol. The van der Waals surface area contributed by atoms with E-state index in [9.17, 15) is 0 Å². The molecule has 0 radical (unpaired) electrons. The zero-order chi connectivity index (χ0) is 4.28. The van der Waals surface area contributed by atoms with Crippen LogP contribution in [0.5, 0.6) is 0 Å². The zero-order valence-corrected chi connectivity index (χ0v) is 6.15. The molecule has 0 rings (SSSR count). The Balaban J connectivity index is 2.54. The fraction of sp³-hybridized carbons (Fsp3) is 1.00. The van der Waals surface area contributed by atoms with Crippen LogP contribution in [0.25, 0.3) is 0 Å². The number of nitrogens with zero attached hydrogens (tertiary/aromatic N) is 1. The van der Waals surface area contributed by atoms with E-state index in [1.807, 2.05) is 0 Å². The molecule has 32 valence electrons. The van der Waals surface area contributed by atoms with Crippen LogP contribution >= 0.6 is 0 Å². The van der Waals surface area contributed by atoms with Gasteiger partial charge in [0.2, 0.25) is 0 Å². The lowest BCUT2D eigenvalue weighted by Crippen LogP contribution is -2.11. The first-order chi connectivity index (χ1) is 2.27. The SMILES string of the molecule is CCN(C)[SiH3]. The van der Waals surface area contributed by atoms with Gasteiger partial charge in [-0.3, -0.25) is 0 Å². The van der Waals surface area contributed by atoms with Crippen molar-refractivity contribution in [3.8, 4) is 0 Å². The van der Waals surface area contributed by atoms with E-state index in [2.05, 4.69) is 18.5 Å². The first-order valence-corrected chi connectivity index (χ1v) is 2.81. The molecule has 0 atom stereocenters. The average Bonchev–Trinajstić information content (AvgIpc) is 1.38. The van der Waals surface area contributed by atoms with Gasteiger partial charge in [0.15, 0.2) is 0 Å². The summed E-state index contributed by atoms with van der Waals surface area (Å²) in [6.07, 6.45) is 0. The third-order valence-electron chi connectivity index (χ3n) is 0.632. The van der Waals surface area contributed by atoms with Gasteiger partial charge in [-0.2, -0.15) is 0 Å². The molecule has 0 unspecified atom stereocenters. The van der Waals surface area contributed by atoms with Crippen LogP contribution in [0.3, 0.4) is 0 Å². The molecule has 0 amide bonds. The standard InChI is InChI=1S/C3H11NSi/c1-3-4(2)5/h3H2,1-2,5H3. The van der Waals surface area contributed by atoms with Gasteiger partial charge in [0, 0.05) is 0 Å². The Kier molecular flexibility index (Phi) is 2.50. The summed E-state index contributed by atoms with van der Waals surface area (Å²) in [6.45, 7) is 3.36. The summed E-state index contributed by atoms with van der Waals surface area (Å²) in [6, 6.07) is 0. The summed E-state index contributed by atoms with van der Waals surface area (Å²) in [7, 11) is 3.32. The highest BCUT2D eigenvalue weighted by Crippen LogP contribution is 1.62. The highest BCUT2D eigenvalue weighted by Gasteiger charge is 1.72. The van der Waals surface area contributed by atoms with Crippen molar-refractivity contribution >= 4 is 10.4 Å². The normalized spacial score (nSPS) is 10.2. The Hall–Kier alpha value is 0.177. The van der Waals surface area contributed by atoms with Gasteiger partial charge in [-0.05, 0) is 13.6 Å². The van der Waals surface area contributed by atoms with Crippen LogP contribution < -0.4 is 0 Å². The molecule has 0 saturated carbocycles. The van der Waals surface area contributed by atoms with E-state index >= 15 is 0 Å². The molecule has 0 fully saturated rings. The summed E-state index contributed by atoms with van der Waals surface area (Å²) in [5, 5.41) is 0. The van der Waals surface area contributed by atoms with Crippen molar-refractivity contribution in [1.82, 2.24) is 4.57 Å². The minimum absolute atomic E-state index is 1.20. The van der Waals surface area contributed by atoms with Gasteiger partial charge in [0.1, 0.15) is 0 Å². The van der Waals surface area contributed by atoms with Gasteiger partial charge in [0.05, 0.1) is 10.4 Å². The smallest absolute Gasteiger partial charge is 0.0780 e. The molecule has 0 aromatic heterocycles. The zero-order valence-electron chi connectivity index (χ0n) is 4.15. The van der Waals surface area contributed by atoms with E-state index in [-0.39, 0.29) is 0 Å². The van der Waals surface area contributed by atoms with E-state index in [4.69, 9.17) is 0 Å². The second-order valence-corrected chi connectivity index (χ2v) is 2.92. The van der Waals surface area contributed by atoms with Gasteiger partial charge >= 0.3 is 0 Å². The quantitative estimate of drug-likeness (QED) is 0.381. The molecule has 0 bridgehead atoms. The summed E-state index contributed by atoms with van der Waals surface area (Å²) in [5.74, 6) is 0. The average molecular weight is 89.2 g/mol. The first-order valence-electron chi connectivity index (χ1n) is 1.92. The van der Waals surface area contributed by atoms with E-state index in [1.165, 1.54) is 16.9 Å². The molecular formula is C3H11NSi. The molecule has 0 aromatic carbocycles. The Morgan fingerprint density at radius 2 is 2.00 bits per heavy atom. The Labute approximate surface area is 36.5 Å². The molecular weight excluding hydrogens is 78.1 g/mol. The van der Waals surface area contributed by atoms with E-state index in [1.54, 1.807) is 0 Å². The number of rotatable bonds is 1. The lowest BCUT2D eigenvalue weighted by molar-refractivity contribution is 0.581. The molecule has 0 spiro atoms. The van der Waals surface area contributed by atoms with E-state index in [0.29, 0.717) is 0 Å². The Morgan fingerprint density at radius 3 is 2.00 bits per heavy atom. The second kappa shape index (κ2) is 2.42. The largest absolute Gasteiger partial charge is 0.335 e. The molecule has 0 aliphatic carbocycles. The molecule has 0 aliphatic heterocycles. The van der Waals surface area contributed by atoms with E-state index in [0.717, 1.165) is 0 Å². The van der Waals surface area contributed by atoms with Crippen molar-refractivity contribution in [2.75, 3.05) is 13.6 Å². The van der Waals surface area contributed by atoms with Crippen LogP contribution in [0.2, 0.25) is 0 Å². The maximum atomic E-state index is 2.26. The van der Waals surface area contributed by atoms with E-state index < -0.39 is 0 Å². The molecule has 0 saturated heterocycles. The summed E-state index contributed by atoms with van der Waals surface area (Å²) in [4.78, 5) is 0. The molecule has 0 aromatic rings. The maximum Gasteiger partial charge on any atom is 0.0780 e. The van der Waals surface area contributed by atoms with Crippen LogP contribution in [0, 0.1) is 0 Å². The van der Waals surface area contributed by atoms with Gasteiger partial charge in [-0.25, -0.2) is 0 Å². The lowest BCUT2D eigenvalue weighted by Gasteiger charge is -2.00. The van der Waals surface area contributed by atoms with Crippen LogP contribution in [-0.2, 0) is 0 Å². The molecule has 0 aliphatic rings. The van der Waals surface area contributed by atoms with Crippen LogP contribution in [0.4, 0.5) is 0 Å². The molecule has 5 heavy (non-hydrogen) atoms. The van der Waals surface area contributed by atoms with Crippen molar-refractivity contribution in [3.63, 3.8) is 0 Å². The van der Waals surface area contributed by atoms with Crippen molar-refractivity contribution in [2.45, 2.75) is 6.92 Å². The maximum absolute atomic E-state index is 2.26. The van der Waals surface area contributed by atoms with Crippen molar-refractivity contribution in [3.05, 3.63) is 0 Å². The van der Waals surface area contributed by atoms with Crippen LogP contribution in [-0.4, -0.2) is 28.6 Å². The van der Waals surface area contributed by atoms with Crippen LogP contribution in [0.15, 0.2) is 0 Å². The highest BCUT2D eigenvalue weighted by molar-refractivity contribution is 6.04.